The quantitative estimate of drug-likeness (QED) is 0.562. The van der Waals surface area contributed by atoms with Crippen LogP contribution in [0.5, 0.6) is 5.75 Å². The van der Waals surface area contributed by atoms with E-state index in [4.69, 9.17) is 4.74 Å². The summed E-state index contributed by atoms with van der Waals surface area (Å²) in [5, 5.41) is 2.97. The highest BCUT2D eigenvalue weighted by atomic mass is 32.2. The second-order valence-electron chi connectivity index (χ2n) is 8.46. The van der Waals surface area contributed by atoms with Crippen LogP contribution in [0.3, 0.4) is 0 Å². The van der Waals surface area contributed by atoms with Gasteiger partial charge in [-0.1, -0.05) is 13.8 Å². The summed E-state index contributed by atoms with van der Waals surface area (Å²) in [7, 11) is -2.35. The first-order valence-corrected chi connectivity index (χ1v) is 12.1. The summed E-state index contributed by atoms with van der Waals surface area (Å²) in [5.74, 6) is 0.116. The number of methoxy groups -OCH3 is 1. The summed E-state index contributed by atoms with van der Waals surface area (Å²) >= 11 is 0. The Morgan fingerprint density at radius 1 is 1.10 bits per heavy atom. The highest BCUT2D eigenvalue weighted by Crippen LogP contribution is 2.19. The van der Waals surface area contributed by atoms with Crippen LogP contribution < -0.4 is 14.8 Å². The molecule has 2 amide bonds. The molecule has 1 aromatic carbocycles. The van der Waals surface area contributed by atoms with Gasteiger partial charge in [0.25, 0.3) is 0 Å². The Bertz CT molecular complexity index is 876. The Morgan fingerprint density at radius 2 is 1.71 bits per heavy atom. The summed E-state index contributed by atoms with van der Waals surface area (Å²) in [5.41, 5.74) is 0. The standard InChI is InChI=1S/C21H32N4O5S/c1-15(2)20(23-31(28,29)18-8-6-17(30-3)7-9-18)21(27)25-12-10-24(11-13-25)14-19(26)22-16-4-5-16/h6-9,15-16,20,23H,4-5,10-14H2,1-3H3,(H,22,26)/t20-/m0/s1. The van der Waals surface area contributed by atoms with Gasteiger partial charge in [0.1, 0.15) is 11.8 Å². The number of rotatable bonds is 9. The van der Waals surface area contributed by atoms with Crippen molar-refractivity contribution in [1.29, 1.82) is 0 Å². The molecule has 1 atom stereocenters. The van der Waals surface area contributed by atoms with E-state index in [1.807, 2.05) is 18.7 Å². The molecule has 172 valence electrons. The van der Waals surface area contributed by atoms with Gasteiger partial charge in [0.15, 0.2) is 0 Å². The van der Waals surface area contributed by atoms with Crippen molar-refractivity contribution in [1.82, 2.24) is 19.8 Å². The molecule has 1 saturated carbocycles. The molecule has 1 heterocycles. The lowest BCUT2D eigenvalue weighted by atomic mass is 10.0. The fourth-order valence-electron chi connectivity index (χ4n) is 3.49. The summed E-state index contributed by atoms with van der Waals surface area (Å²) < 4.78 is 33.3. The molecule has 31 heavy (non-hydrogen) atoms. The van der Waals surface area contributed by atoms with Crippen molar-refractivity contribution in [2.24, 2.45) is 5.92 Å². The first kappa shape index (κ1) is 23.5. The van der Waals surface area contributed by atoms with Gasteiger partial charge < -0.3 is 15.0 Å². The molecule has 1 aliphatic heterocycles. The second kappa shape index (κ2) is 9.97. The Balaban J connectivity index is 1.58. The first-order valence-electron chi connectivity index (χ1n) is 10.7. The molecule has 2 fully saturated rings. The third-order valence-electron chi connectivity index (χ3n) is 5.58. The molecular weight excluding hydrogens is 420 g/mol. The van der Waals surface area contributed by atoms with Crippen LogP contribution in [0, 0.1) is 5.92 Å². The minimum absolute atomic E-state index is 0.0228. The maximum atomic E-state index is 13.1. The molecule has 0 unspecified atom stereocenters. The molecule has 9 nitrogen and oxygen atoms in total. The lowest BCUT2D eigenvalue weighted by molar-refractivity contribution is -0.136. The normalized spacial score (nSPS) is 18.6. The third kappa shape index (κ3) is 6.41. The Kier molecular flexibility index (Phi) is 7.55. The maximum absolute atomic E-state index is 13.1. The van der Waals surface area contributed by atoms with Crippen LogP contribution in [-0.2, 0) is 19.6 Å². The van der Waals surface area contributed by atoms with Crippen molar-refractivity contribution in [3.63, 3.8) is 0 Å². The van der Waals surface area contributed by atoms with Gasteiger partial charge in [0.2, 0.25) is 21.8 Å². The van der Waals surface area contributed by atoms with E-state index in [0.29, 0.717) is 44.5 Å². The monoisotopic (exact) mass is 452 g/mol. The molecule has 10 heteroatoms. The number of benzene rings is 1. The Hall–Kier alpha value is -2.17. The van der Waals surface area contributed by atoms with E-state index >= 15 is 0 Å². The minimum Gasteiger partial charge on any atom is -0.497 e. The zero-order chi connectivity index (χ0) is 22.6. The molecule has 0 radical (unpaired) electrons. The largest absolute Gasteiger partial charge is 0.497 e. The SMILES string of the molecule is COc1ccc(S(=O)(=O)N[C@H](C(=O)N2CCN(CC(=O)NC3CC3)CC2)C(C)C)cc1. The molecule has 2 aliphatic rings. The number of carbonyl (C=O) groups excluding carboxylic acids is 2. The summed E-state index contributed by atoms with van der Waals surface area (Å²) in [4.78, 5) is 28.9. The fourth-order valence-corrected chi connectivity index (χ4v) is 4.83. The number of sulfonamides is 1. The lowest BCUT2D eigenvalue weighted by Gasteiger charge is -2.37. The number of amides is 2. The van der Waals surface area contributed by atoms with Crippen molar-refractivity contribution < 1.29 is 22.7 Å². The minimum atomic E-state index is -3.86. The first-order chi connectivity index (χ1) is 14.7. The van der Waals surface area contributed by atoms with Crippen LogP contribution in [0.1, 0.15) is 26.7 Å². The number of nitrogens with one attached hydrogen (secondary N) is 2. The predicted octanol–water partition coefficient (Wildman–Crippen LogP) is 0.421. The van der Waals surface area contributed by atoms with Crippen molar-refractivity contribution in [2.45, 2.75) is 43.7 Å². The number of carbonyl (C=O) groups is 2. The van der Waals surface area contributed by atoms with Gasteiger partial charge in [-0.25, -0.2) is 8.42 Å². The van der Waals surface area contributed by atoms with Crippen LogP contribution >= 0.6 is 0 Å². The van der Waals surface area contributed by atoms with Crippen molar-refractivity contribution in [3.8, 4) is 5.75 Å². The molecule has 2 N–H and O–H groups in total. The van der Waals surface area contributed by atoms with Crippen LogP contribution in [0.4, 0.5) is 0 Å². The number of ether oxygens (including phenoxy) is 1. The number of hydrogen-bond acceptors (Lipinski definition) is 6. The van der Waals surface area contributed by atoms with Gasteiger partial charge in [-0.05, 0) is 43.0 Å². The molecule has 1 saturated heterocycles. The molecule has 0 bridgehead atoms. The van der Waals surface area contributed by atoms with Crippen LogP contribution in [-0.4, -0.2) is 81.9 Å². The van der Waals surface area contributed by atoms with Crippen molar-refractivity contribution >= 4 is 21.8 Å². The van der Waals surface area contributed by atoms with E-state index in [9.17, 15) is 18.0 Å². The van der Waals surface area contributed by atoms with E-state index in [1.165, 1.54) is 19.2 Å². The Labute approximate surface area is 184 Å². The summed E-state index contributed by atoms with van der Waals surface area (Å²) in [6, 6.07) is 5.51. The fraction of sp³-hybridized carbons (Fsp3) is 0.619. The zero-order valence-corrected chi connectivity index (χ0v) is 19.2. The van der Waals surface area contributed by atoms with Gasteiger partial charge in [0.05, 0.1) is 18.6 Å². The van der Waals surface area contributed by atoms with E-state index in [-0.39, 0.29) is 22.6 Å². The average molecular weight is 453 g/mol. The molecule has 0 spiro atoms. The molecular formula is C21H32N4O5S. The molecule has 0 aromatic heterocycles. The predicted molar refractivity (Wildman–Crippen MR) is 116 cm³/mol. The third-order valence-corrected chi connectivity index (χ3v) is 7.04. The molecule has 1 aliphatic carbocycles. The summed E-state index contributed by atoms with van der Waals surface area (Å²) in [6.45, 7) is 6.05. The number of piperazine rings is 1. The molecule has 1 aromatic rings. The van der Waals surface area contributed by atoms with Crippen molar-refractivity contribution in [2.75, 3.05) is 39.8 Å². The Morgan fingerprint density at radius 3 is 2.23 bits per heavy atom. The van der Waals surface area contributed by atoms with Gasteiger partial charge in [-0.2, -0.15) is 4.72 Å². The highest BCUT2D eigenvalue weighted by molar-refractivity contribution is 7.89. The number of hydrogen-bond donors (Lipinski definition) is 2. The van der Waals surface area contributed by atoms with Crippen LogP contribution in [0.15, 0.2) is 29.2 Å². The van der Waals surface area contributed by atoms with E-state index in [1.54, 1.807) is 17.0 Å². The lowest BCUT2D eigenvalue weighted by Crippen LogP contribution is -2.57. The topological polar surface area (TPSA) is 108 Å². The maximum Gasteiger partial charge on any atom is 0.241 e. The van der Waals surface area contributed by atoms with Crippen LogP contribution in [0.2, 0.25) is 0 Å². The van der Waals surface area contributed by atoms with Gasteiger partial charge >= 0.3 is 0 Å². The van der Waals surface area contributed by atoms with E-state index in [0.717, 1.165) is 12.8 Å². The molecule has 3 rings (SSSR count). The van der Waals surface area contributed by atoms with Gasteiger partial charge in [-0.15, -0.1) is 0 Å². The zero-order valence-electron chi connectivity index (χ0n) is 18.3. The summed E-state index contributed by atoms with van der Waals surface area (Å²) in [6.07, 6.45) is 2.11. The van der Waals surface area contributed by atoms with Crippen molar-refractivity contribution in [3.05, 3.63) is 24.3 Å². The van der Waals surface area contributed by atoms with Crippen LogP contribution in [0.25, 0.3) is 0 Å². The van der Waals surface area contributed by atoms with Gasteiger partial charge in [0, 0.05) is 32.2 Å². The van der Waals surface area contributed by atoms with E-state index in [2.05, 4.69) is 10.0 Å². The number of nitrogens with zero attached hydrogens (tertiary/aromatic N) is 2. The average Bonchev–Trinajstić information content (AvgIpc) is 3.56. The van der Waals surface area contributed by atoms with Gasteiger partial charge in [-0.3, -0.25) is 14.5 Å². The smallest absolute Gasteiger partial charge is 0.241 e. The second-order valence-corrected chi connectivity index (χ2v) is 10.2. The highest BCUT2D eigenvalue weighted by Gasteiger charge is 2.33. The van der Waals surface area contributed by atoms with E-state index < -0.39 is 16.1 Å².